The first-order valence-corrected chi connectivity index (χ1v) is 6.61. The molecule has 18 heavy (non-hydrogen) atoms. The van der Waals surface area contributed by atoms with Gasteiger partial charge in [-0.1, -0.05) is 13.8 Å². The minimum Gasteiger partial charge on any atom is -0.481 e. The van der Waals surface area contributed by atoms with Crippen molar-refractivity contribution in [2.45, 2.75) is 26.7 Å². The lowest BCUT2D eigenvalue weighted by Gasteiger charge is -2.30. The molecular formula is C13H24N2O3. The third kappa shape index (κ3) is 4.29. The molecule has 3 atom stereocenters. The van der Waals surface area contributed by atoms with Crippen LogP contribution in [0.25, 0.3) is 0 Å². The van der Waals surface area contributed by atoms with E-state index in [2.05, 4.69) is 17.3 Å². The van der Waals surface area contributed by atoms with Gasteiger partial charge < -0.3 is 15.3 Å². The summed E-state index contributed by atoms with van der Waals surface area (Å²) >= 11 is 0. The van der Waals surface area contributed by atoms with Crippen molar-refractivity contribution in [3.8, 4) is 0 Å². The summed E-state index contributed by atoms with van der Waals surface area (Å²) in [6, 6.07) is 0. The Morgan fingerprint density at radius 3 is 2.61 bits per heavy atom. The standard InChI is InChI=1S/C13H24N2O3/c1-9(10(2)13(17)18)12(16)14-7-11-5-4-6-15(3)8-11/h9-11H,4-8H2,1-3H3,(H,14,16)(H,17,18). The first kappa shape index (κ1) is 15.0. The van der Waals surface area contributed by atoms with Crippen LogP contribution < -0.4 is 5.32 Å². The summed E-state index contributed by atoms with van der Waals surface area (Å²) in [5, 5.41) is 11.7. The Balaban J connectivity index is 2.34. The number of rotatable bonds is 5. The maximum atomic E-state index is 11.8. The van der Waals surface area contributed by atoms with E-state index in [9.17, 15) is 9.59 Å². The number of piperidine rings is 1. The highest BCUT2D eigenvalue weighted by atomic mass is 16.4. The van der Waals surface area contributed by atoms with Gasteiger partial charge in [0, 0.05) is 19.0 Å². The lowest BCUT2D eigenvalue weighted by molar-refractivity contribution is -0.146. The van der Waals surface area contributed by atoms with Gasteiger partial charge in [-0.05, 0) is 32.4 Å². The Morgan fingerprint density at radius 2 is 2.06 bits per heavy atom. The quantitative estimate of drug-likeness (QED) is 0.763. The van der Waals surface area contributed by atoms with Gasteiger partial charge in [0.2, 0.25) is 5.91 Å². The molecule has 0 bridgehead atoms. The summed E-state index contributed by atoms with van der Waals surface area (Å²) in [5.74, 6) is -1.71. The van der Waals surface area contributed by atoms with Crippen LogP contribution in [-0.4, -0.2) is 48.6 Å². The topological polar surface area (TPSA) is 69.6 Å². The molecule has 0 aromatic heterocycles. The zero-order valence-electron chi connectivity index (χ0n) is 11.5. The molecule has 5 nitrogen and oxygen atoms in total. The fraction of sp³-hybridized carbons (Fsp3) is 0.846. The minimum atomic E-state index is -0.921. The van der Waals surface area contributed by atoms with Crippen LogP contribution in [0.5, 0.6) is 0 Å². The zero-order valence-corrected chi connectivity index (χ0v) is 11.5. The Kier molecular flexibility index (Phi) is 5.59. The molecule has 0 saturated carbocycles. The molecule has 0 spiro atoms. The van der Waals surface area contributed by atoms with Gasteiger partial charge >= 0.3 is 5.97 Å². The summed E-state index contributed by atoms with van der Waals surface area (Å²) in [7, 11) is 2.09. The van der Waals surface area contributed by atoms with E-state index < -0.39 is 17.8 Å². The second kappa shape index (κ2) is 6.73. The lowest BCUT2D eigenvalue weighted by atomic mass is 9.94. The first-order chi connectivity index (χ1) is 8.41. The van der Waals surface area contributed by atoms with Gasteiger partial charge in [0.05, 0.1) is 5.92 Å². The Bertz CT molecular complexity index is 307. The molecule has 1 aliphatic rings. The van der Waals surface area contributed by atoms with Crippen LogP contribution >= 0.6 is 0 Å². The van der Waals surface area contributed by atoms with Crippen molar-refractivity contribution in [2.75, 3.05) is 26.7 Å². The number of carbonyl (C=O) groups excluding carboxylic acids is 1. The highest BCUT2D eigenvalue weighted by Crippen LogP contribution is 2.15. The van der Waals surface area contributed by atoms with Crippen LogP contribution in [0, 0.1) is 17.8 Å². The van der Waals surface area contributed by atoms with Crippen molar-refractivity contribution in [3.63, 3.8) is 0 Å². The van der Waals surface area contributed by atoms with Crippen molar-refractivity contribution in [2.24, 2.45) is 17.8 Å². The summed E-state index contributed by atoms with van der Waals surface area (Å²) in [6.07, 6.45) is 2.30. The van der Waals surface area contributed by atoms with Crippen LogP contribution in [0.4, 0.5) is 0 Å². The summed E-state index contributed by atoms with van der Waals surface area (Å²) < 4.78 is 0. The molecule has 0 aromatic carbocycles. The van der Waals surface area contributed by atoms with Crippen LogP contribution in [0.2, 0.25) is 0 Å². The Morgan fingerprint density at radius 1 is 1.39 bits per heavy atom. The number of aliphatic carboxylic acids is 1. The predicted molar refractivity (Wildman–Crippen MR) is 69.2 cm³/mol. The van der Waals surface area contributed by atoms with E-state index in [0.29, 0.717) is 12.5 Å². The van der Waals surface area contributed by atoms with Crippen LogP contribution in [0.3, 0.4) is 0 Å². The normalized spacial score (nSPS) is 24.3. The zero-order chi connectivity index (χ0) is 13.7. The number of nitrogens with one attached hydrogen (secondary N) is 1. The molecule has 1 fully saturated rings. The molecule has 1 heterocycles. The smallest absolute Gasteiger partial charge is 0.307 e. The lowest BCUT2D eigenvalue weighted by Crippen LogP contribution is -2.42. The summed E-state index contributed by atoms with van der Waals surface area (Å²) in [4.78, 5) is 24.9. The molecule has 0 radical (unpaired) electrons. The van der Waals surface area contributed by atoms with Crippen LogP contribution in [0.1, 0.15) is 26.7 Å². The molecular weight excluding hydrogens is 232 g/mol. The number of carboxylic acids is 1. The number of likely N-dealkylation sites (tertiary alicyclic amines) is 1. The van der Waals surface area contributed by atoms with Gasteiger partial charge in [-0.25, -0.2) is 0 Å². The second-order valence-electron chi connectivity index (χ2n) is 5.43. The average molecular weight is 256 g/mol. The molecule has 1 aliphatic heterocycles. The van der Waals surface area contributed by atoms with E-state index in [4.69, 9.17) is 5.11 Å². The molecule has 5 heteroatoms. The number of hydrogen-bond acceptors (Lipinski definition) is 3. The molecule has 0 aromatic rings. The third-order valence-electron chi connectivity index (χ3n) is 3.84. The van der Waals surface area contributed by atoms with E-state index in [0.717, 1.165) is 25.9 Å². The minimum absolute atomic E-state index is 0.155. The first-order valence-electron chi connectivity index (χ1n) is 6.61. The van der Waals surface area contributed by atoms with Crippen molar-refractivity contribution < 1.29 is 14.7 Å². The molecule has 3 unspecified atom stereocenters. The van der Waals surface area contributed by atoms with Crippen LogP contribution in [-0.2, 0) is 9.59 Å². The molecule has 0 aliphatic carbocycles. The number of hydrogen-bond donors (Lipinski definition) is 2. The Hall–Kier alpha value is -1.10. The second-order valence-corrected chi connectivity index (χ2v) is 5.43. The highest BCUT2D eigenvalue weighted by molar-refractivity contribution is 5.84. The summed E-state index contributed by atoms with van der Waals surface area (Å²) in [6.45, 7) is 6.02. The summed E-state index contributed by atoms with van der Waals surface area (Å²) in [5.41, 5.74) is 0. The number of nitrogens with zero attached hydrogens (tertiary/aromatic N) is 1. The third-order valence-corrected chi connectivity index (χ3v) is 3.84. The van der Waals surface area contributed by atoms with Gasteiger partial charge in [0.15, 0.2) is 0 Å². The molecule has 1 amide bonds. The average Bonchev–Trinajstić information content (AvgIpc) is 2.34. The monoisotopic (exact) mass is 256 g/mol. The molecule has 104 valence electrons. The fourth-order valence-electron chi connectivity index (χ4n) is 2.29. The van der Waals surface area contributed by atoms with Crippen molar-refractivity contribution >= 4 is 11.9 Å². The van der Waals surface area contributed by atoms with Gasteiger partial charge in [0.25, 0.3) is 0 Å². The number of carboxylic acid groups (broad SMARTS) is 1. The largest absolute Gasteiger partial charge is 0.481 e. The molecule has 1 rings (SSSR count). The van der Waals surface area contributed by atoms with E-state index in [1.807, 2.05) is 0 Å². The maximum Gasteiger partial charge on any atom is 0.307 e. The van der Waals surface area contributed by atoms with Crippen LogP contribution in [0.15, 0.2) is 0 Å². The van der Waals surface area contributed by atoms with E-state index in [1.165, 1.54) is 0 Å². The van der Waals surface area contributed by atoms with E-state index in [-0.39, 0.29) is 5.91 Å². The van der Waals surface area contributed by atoms with E-state index in [1.54, 1.807) is 13.8 Å². The van der Waals surface area contributed by atoms with Gasteiger partial charge in [-0.3, -0.25) is 9.59 Å². The van der Waals surface area contributed by atoms with Gasteiger partial charge in [-0.15, -0.1) is 0 Å². The van der Waals surface area contributed by atoms with Gasteiger partial charge in [0.1, 0.15) is 0 Å². The highest BCUT2D eigenvalue weighted by Gasteiger charge is 2.26. The van der Waals surface area contributed by atoms with Crippen molar-refractivity contribution in [3.05, 3.63) is 0 Å². The van der Waals surface area contributed by atoms with Crippen molar-refractivity contribution in [1.82, 2.24) is 10.2 Å². The fourth-order valence-corrected chi connectivity index (χ4v) is 2.29. The molecule has 2 N–H and O–H groups in total. The molecule has 1 saturated heterocycles. The predicted octanol–water partition coefficient (Wildman–Crippen LogP) is 0.801. The number of carbonyl (C=O) groups is 2. The van der Waals surface area contributed by atoms with Gasteiger partial charge in [-0.2, -0.15) is 0 Å². The van der Waals surface area contributed by atoms with E-state index >= 15 is 0 Å². The Labute approximate surface area is 109 Å². The van der Waals surface area contributed by atoms with Crippen molar-refractivity contribution in [1.29, 1.82) is 0 Å². The SMILES string of the molecule is CC(C(=O)O)C(C)C(=O)NCC1CCCN(C)C1. The maximum absolute atomic E-state index is 11.8. The number of amides is 1.